The highest BCUT2D eigenvalue weighted by Crippen LogP contribution is 2.36. The van der Waals surface area contributed by atoms with Crippen LogP contribution in [-0.4, -0.2) is 44.8 Å². The standard InChI is InChI=1S/C25H23N3OS.C2H6/c1-27-9-8-23(21(16-26)17-27)25-7-6-24(30-25)20-3-2-19-15-22(5-4-18(19)14-20)28-10-12-29-13-11-28;1-2/h2-9,14-15H,10-13,17H2,1H3;1-2H3. The van der Waals surface area contributed by atoms with Crippen LogP contribution in [0.1, 0.15) is 18.7 Å². The minimum atomic E-state index is 0.664. The Morgan fingerprint density at radius 3 is 2.44 bits per heavy atom. The van der Waals surface area contributed by atoms with Crippen LogP contribution in [0.5, 0.6) is 0 Å². The van der Waals surface area contributed by atoms with Crippen LogP contribution in [0.3, 0.4) is 0 Å². The second kappa shape index (κ2) is 10.0. The molecule has 3 aromatic rings. The van der Waals surface area contributed by atoms with Gasteiger partial charge in [-0.15, -0.1) is 11.3 Å². The molecule has 5 heteroatoms. The molecule has 0 atom stereocenters. The topological polar surface area (TPSA) is 39.5 Å². The molecule has 2 aromatic carbocycles. The van der Waals surface area contributed by atoms with Gasteiger partial charge in [0.15, 0.2) is 0 Å². The first-order chi connectivity index (χ1) is 15.7. The molecule has 0 radical (unpaired) electrons. The average molecular weight is 444 g/mol. The number of fused-ring (bicyclic) bond motifs is 1. The van der Waals surface area contributed by atoms with Crippen LogP contribution >= 0.6 is 11.3 Å². The van der Waals surface area contributed by atoms with Gasteiger partial charge >= 0.3 is 0 Å². The SMILES string of the molecule is CC.CN1C=CC(c2ccc(-c3ccc4cc(N5CCOCC5)ccc4c3)s2)=C(C#N)C1. The normalized spacial score (nSPS) is 16.1. The Morgan fingerprint density at radius 2 is 1.66 bits per heavy atom. The number of hydrogen-bond acceptors (Lipinski definition) is 5. The Hall–Kier alpha value is -3.07. The summed E-state index contributed by atoms with van der Waals surface area (Å²) in [6.07, 6.45) is 4.09. The highest BCUT2D eigenvalue weighted by molar-refractivity contribution is 7.16. The van der Waals surface area contributed by atoms with Gasteiger partial charge in [0.05, 0.1) is 31.4 Å². The Kier molecular flexibility index (Phi) is 6.94. The van der Waals surface area contributed by atoms with Gasteiger partial charge in [-0.05, 0) is 58.9 Å². The maximum Gasteiger partial charge on any atom is 0.0972 e. The largest absolute Gasteiger partial charge is 0.378 e. The van der Waals surface area contributed by atoms with E-state index >= 15 is 0 Å². The summed E-state index contributed by atoms with van der Waals surface area (Å²) < 4.78 is 5.47. The Balaban J connectivity index is 0.00000119. The van der Waals surface area contributed by atoms with E-state index in [9.17, 15) is 5.26 Å². The second-order valence-electron chi connectivity index (χ2n) is 7.74. The van der Waals surface area contributed by atoms with Gasteiger partial charge in [-0.1, -0.05) is 32.0 Å². The molecule has 0 amide bonds. The first-order valence-corrected chi connectivity index (χ1v) is 12.0. The molecule has 0 spiro atoms. The molecule has 3 heterocycles. The number of rotatable bonds is 3. The molecule has 0 bridgehead atoms. The van der Waals surface area contributed by atoms with Crippen LogP contribution in [0.2, 0.25) is 0 Å². The van der Waals surface area contributed by atoms with Crippen molar-refractivity contribution < 1.29 is 4.74 Å². The van der Waals surface area contributed by atoms with Crippen molar-refractivity contribution in [2.45, 2.75) is 13.8 Å². The van der Waals surface area contributed by atoms with E-state index in [-0.39, 0.29) is 0 Å². The summed E-state index contributed by atoms with van der Waals surface area (Å²) in [4.78, 5) is 6.79. The number of nitrogens with zero attached hydrogens (tertiary/aromatic N) is 3. The predicted molar refractivity (Wildman–Crippen MR) is 136 cm³/mol. The molecule has 0 unspecified atom stereocenters. The zero-order valence-electron chi connectivity index (χ0n) is 19.0. The minimum Gasteiger partial charge on any atom is -0.378 e. The molecule has 4 nitrogen and oxygen atoms in total. The number of ether oxygens (including phenoxy) is 1. The monoisotopic (exact) mass is 443 g/mol. The third kappa shape index (κ3) is 4.57. The molecule has 1 aromatic heterocycles. The van der Waals surface area contributed by atoms with E-state index in [1.54, 1.807) is 11.3 Å². The lowest BCUT2D eigenvalue weighted by atomic mass is 10.0. The summed E-state index contributed by atoms with van der Waals surface area (Å²) in [5.74, 6) is 0. The average Bonchev–Trinajstić information content (AvgIpc) is 3.35. The Bertz CT molecular complexity index is 1200. The van der Waals surface area contributed by atoms with Crippen molar-refractivity contribution in [2.75, 3.05) is 44.8 Å². The van der Waals surface area contributed by atoms with Gasteiger partial charge in [0.2, 0.25) is 0 Å². The number of nitriles is 1. The fourth-order valence-electron chi connectivity index (χ4n) is 4.06. The molecule has 164 valence electrons. The molecule has 0 saturated carbocycles. The van der Waals surface area contributed by atoms with Gasteiger partial charge in [-0.2, -0.15) is 5.26 Å². The number of hydrogen-bond donors (Lipinski definition) is 0. The quantitative estimate of drug-likeness (QED) is 0.485. The number of benzene rings is 2. The van der Waals surface area contributed by atoms with Crippen molar-refractivity contribution in [1.82, 2.24) is 4.90 Å². The van der Waals surface area contributed by atoms with Crippen molar-refractivity contribution in [3.8, 4) is 16.5 Å². The van der Waals surface area contributed by atoms with Crippen LogP contribution in [0.4, 0.5) is 5.69 Å². The number of morpholine rings is 1. The van der Waals surface area contributed by atoms with Gasteiger partial charge in [0.1, 0.15) is 0 Å². The molecule has 0 N–H and O–H groups in total. The molecule has 5 rings (SSSR count). The molecular weight excluding hydrogens is 414 g/mol. The fraction of sp³-hybridized carbons (Fsp3) is 0.296. The molecule has 1 saturated heterocycles. The third-order valence-electron chi connectivity index (χ3n) is 5.72. The third-order valence-corrected chi connectivity index (χ3v) is 6.89. The number of allylic oxidation sites excluding steroid dienone is 2. The van der Waals surface area contributed by atoms with E-state index in [2.05, 4.69) is 59.5 Å². The Morgan fingerprint density at radius 1 is 0.938 bits per heavy atom. The van der Waals surface area contributed by atoms with Crippen LogP contribution in [0.15, 0.2) is 66.4 Å². The fourth-order valence-corrected chi connectivity index (χ4v) is 5.11. The van der Waals surface area contributed by atoms with Gasteiger partial charge < -0.3 is 14.5 Å². The first kappa shape index (κ1) is 22.1. The molecule has 2 aliphatic heterocycles. The summed E-state index contributed by atoms with van der Waals surface area (Å²) in [7, 11) is 1.99. The van der Waals surface area contributed by atoms with Crippen molar-refractivity contribution >= 4 is 33.4 Å². The van der Waals surface area contributed by atoms with Crippen LogP contribution in [-0.2, 0) is 4.74 Å². The van der Waals surface area contributed by atoms with Gasteiger partial charge in [0, 0.05) is 41.2 Å². The summed E-state index contributed by atoms with van der Waals surface area (Å²) in [5, 5.41) is 12.0. The van der Waals surface area contributed by atoms with Gasteiger partial charge in [-0.25, -0.2) is 0 Å². The van der Waals surface area contributed by atoms with Crippen molar-refractivity contribution in [3.63, 3.8) is 0 Å². The minimum absolute atomic E-state index is 0.664. The van der Waals surface area contributed by atoms with E-state index in [0.29, 0.717) is 6.54 Å². The lowest BCUT2D eigenvalue weighted by Gasteiger charge is -2.29. The van der Waals surface area contributed by atoms with Crippen LogP contribution < -0.4 is 4.90 Å². The van der Waals surface area contributed by atoms with E-state index in [4.69, 9.17) is 4.74 Å². The molecule has 2 aliphatic rings. The van der Waals surface area contributed by atoms with Crippen LogP contribution in [0, 0.1) is 11.3 Å². The van der Waals surface area contributed by atoms with Crippen molar-refractivity contribution in [1.29, 1.82) is 5.26 Å². The van der Waals surface area contributed by atoms with E-state index < -0.39 is 0 Å². The summed E-state index contributed by atoms with van der Waals surface area (Å²) >= 11 is 1.75. The first-order valence-electron chi connectivity index (χ1n) is 11.2. The zero-order valence-corrected chi connectivity index (χ0v) is 19.8. The summed E-state index contributed by atoms with van der Waals surface area (Å²) in [5.41, 5.74) is 4.35. The van der Waals surface area contributed by atoms with E-state index in [0.717, 1.165) is 42.3 Å². The number of thiophene rings is 1. The number of likely N-dealkylation sites (N-methyl/N-ethyl adjacent to an activating group) is 1. The highest BCUT2D eigenvalue weighted by atomic mass is 32.1. The van der Waals surface area contributed by atoms with E-state index in [1.807, 2.05) is 38.1 Å². The smallest absolute Gasteiger partial charge is 0.0972 e. The predicted octanol–water partition coefficient (Wildman–Crippen LogP) is 6.17. The Labute approximate surface area is 194 Å². The van der Waals surface area contributed by atoms with Crippen molar-refractivity contribution in [2.24, 2.45) is 0 Å². The molecule has 0 aliphatic carbocycles. The maximum absolute atomic E-state index is 9.53. The number of anilines is 1. The lowest BCUT2D eigenvalue weighted by Crippen LogP contribution is -2.36. The molecule has 32 heavy (non-hydrogen) atoms. The molecular formula is C27H29N3OS. The summed E-state index contributed by atoms with van der Waals surface area (Å²) in [6, 6.07) is 20.0. The van der Waals surface area contributed by atoms with E-state index in [1.165, 1.54) is 26.9 Å². The van der Waals surface area contributed by atoms with Gasteiger partial charge in [0.25, 0.3) is 0 Å². The highest BCUT2D eigenvalue weighted by Gasteiger charge is 2.15. The maximum atomic E-state index is 9.53. The summed E-state index contributed by atoms with van der Waals surface area (Å²) in [6.45, 7) is 8.16. The molecule has 1 fully saturated rings. The zero-order chi connectivity index (χ0) is 22.5. The van der Waals surface area contributed by atoms with Gasteiger partial charge in [-0.3, -0.25) is 0 Å². The van der Waals surface area contributed by atoms with Crippen molar-refractivity contribution in [3.05, 3.63) is 71.3 Å². The lowest BCUT2D eigenvalue weighted by molar-refractivity contribution is 0.122. The van der Waals surface area contributed by atoms with Crippen LogP contribution in [0.25, 0.3) is 26.8 Å². The second-order valence-corrected chi connectivity index (χ2v) is 8.83.